The third-order valence-corrected chi connectivity index (χ3v) is 2.61. The van der Waals surface area contributed by atoms with E-state index in [2.05, 4.69) is 5.32 Å². The van der Waals surface area contributed by atoms with Gasteiger partial charge in [-0.1, -0.05) is 30.3 Å². The fourth-order valence-corrected chi connectivity index (χ4v) is 1.67. The number of benzene rings is 1. The monoisotopic (exact) mass is 286 g/mol. The Kier molecular flexibility index (Phi) is 9.21. The molecule has 0 aliphatic rings. The summed E-state index contributed by atoms with van der Waals surface area (Å²) < 4.78 is 5.37. The van der Waals surface area contributed by atoms with Crippen LogP contribution in [-0.2, 0) is 9.53 Å². The lowest BCUT2D eigenvalue weighted by Gasteiger charge is -2.15. The van der Waals surface area contributed by atoms with E-state index in [1.54, 1.807) is 0 Å². The summed E-state index contributed by atoms with van der Waals surface area (Å²) in [5.74, 6) is -0.332. The smallest absolute Gasteiger partial charge is 0.228 e. The maximum absolute atomic E-state index is 12.0. The topological polar surface area (TPSA) is 64.3 Å². The van der Waals surface area contributed by atoms with Crippen LogP contribution in [0.4, 0.5) is 0 Å². The molecule has 0 saturated carbocycles. The van der Waals surface area contributed by atoms with Crippen LogP contribution in [0.2, 0.25) is 0 Å². The van der Waals surface area contributed by atoms with Gasteiger partial charge in [-0.2, -0.15) is 0 Å². The van der Waals surface area contributed by atoms with Crippen molar-refractivity contribution < 1.29 is 9.53 Å². The number of ether oxygens (including phenoxy) is 1. The zero-order chi connectivity index (χ0) is 13.4. The lowest BCUT2D eigenvalue weighted by atomic mass is 9.98. The van der Waals surface area contributed by atoms with Crippen LogP contribution in [0.5, 0.6) is 0 Å². The van der Waals surface area contributed by atoms with Gasteiger partial charge in [0, 0.05) is 13.1 Å². The molecular formula is C14H23ClN2O2. The molecule has 1 amide bonds. The van der Waals surface area contributed by atoms with Crippen molar-refractivity contribution >= 4 is 18.3 Å². The fourth-order valence-electron chi connectivity index (χ4n) is 1.67. The molecule has 19 heavy (non-hydrogen) atoms. The van der Waals surface area contributed by atoms with Gasteiger partial charge in [-0.3, -0.25) is 4.79 Å². The van der Waals surface area contributed by atoms with E-state index in [0.717, 1.165) is 5.56 Å². The van der Waals surface area contributed by atoms with Crippen LogP contribution < -0.4 is 11.1 Å². The lowest BCUT2D eigenvalue weighted by molar-refractivity contribution is -0.122. The Balaban J connectivity index is 0.00000324. The van der Waals surface area contributed by atoms with Gasteiger partial charge in [-0.15, -0.1) is 12.4 Å². The van der Waals surface area contributed by atoms with E-state index in [1.807, 2.05) is 44.2 Å². The third-order valence-electron chi connectivity index (χ3n) is 2.61. The van der Waals surface area contributed by atoms with Crippen LogP contribution in [0.3, 0.4) is 0 Å². The molecule has 0 bridgehead atoms. The minimum Gasteiger partial charge on any atom is -0.377 e. The van der Waals surface area contributed by atoms with Gasteiger partial charge in [-0.05, 0) is 19.4 Å². The molecule has 0 fully saturated rings. The van der Waals surface area contributed by atoms with Crippen LogP contribution >= 0.6 is 12.4 Å². The van der Waals surface area contributed by atoms with E-state index in [0.29, 0.717) is 19.7 Å². The Labute approximate surface area is 121 Å². The molecule has 0 aliphatic heterocycles. The number of nitrogens with two attached hydrogens (primary N) is 1. The Morgan fingerprint density at radius 1 is 1.32 bits per heavy atom. The van der Waals surface area contributed by atoms with E-state index in [1.165, 1.54) is 0 Å². The second kappa shape index (κ2) is 9.78. The van der Waals surface area contributed by atoms with E-state index in [4.69, 9.17) is 10.5 Å². The maximum atomic E-state index is 12.0. The summed E-state index contributed by atoms with van der Waals surface area (Å²) in [7, 11) is 0. The van der Waals surface area contributed by atoms with E-state index in [9.17, 15) is 4.79 Å². The molecule has 0 aromatic heterocycles. The normalized spacial score (nSPS) is 11.8. The van der Waals surface area contributed by atoms with Crippen LogP contribution in [0.1, 0.15) is 25.3 Å². The molecule has 3 N–H and O–H groups in total. The van der Waals surface area contributed by atoms with Gasteiger partial charge in [-0.25, -0.2) is 0 Å². The van der Waals surface area contributed by atoms with Crippen molar-refractivity contribution in [3.05, 3.63) is 35.9 Å². The molecule has 1 unspecified atom stereocenters. The Bertz CT molecular complexity index is 358. The number of amides is 1. The Morgan fingerprint density at radius 2 is 1.95 bits per heavy atom. The van der Waals surface area contributed by atoms with Crippen LogP contribution in [0.15, 0.2) is 30.3 Å². The van der Waals surface area contributed by atoms with Crippen molar-refractivity contribution in [2.75, 3.05) is 19.7 Å². The third kappa shape index (κ3) is 6.57. The summed E-state index contributed by atoms with van der Waals surface area (Å²) >= 11 is 0. The Hall–Kier alpha value is -1.10. The van der Waals surface area contributed by atoms with Crippen LogP contribution in [0.25, 0.3) is 0 Å². The SMILES string of the molecule is CC(C)OCCNC(=O)C(CN)c1ccccc1.Cl. The first kappa shape index (κ1) is 17.9. The second-order valence-electron chi connectivity index (χ2n) is 4.41. The van der Waals surface area contributed by atoms with Gasteiger partial charge in [0.05, 0.1) is 18.6 Å². The van der Waals surface area contributed by atoms with E-state index in [-0.39, 0.29) is 30.3 Å². The maximum Gasteiger partial charge on any atom is 0.228 e. The van der Waals surface area contributed by atoms with Gasteiger partial charge < -0.3 is 15.8 Å². The molecule has 0 radical (unpaired) electrons. The number of hydrogen-bond acceptors (Lipinski definition) is 3. The number of halogens is 1. The molecule has 1 aromatic rings. The Morgan fingerprint density at radius 3 is 2.47 bits per heavy atom. The van der Waals surface area contributed by atoms with Gasteiger partial charge in [0.25, 0.3) is 0 Å². The molecule has 0 saturated heterocycles. The van der Waals surface area contributed by atoms with Crippen molar-refractivity contribution in [2.45, 2.75) is 25.9 Å². The molecule has 0 spiro atoms. The summed E-state index contributed by atoms with van der Waals surface area (Å²) in [6, 6.07) is 9.58. The predicted octanol–water partition coefficient (Wildman–Crippen LogP) is 1.69. The lowest BCUT2D eigenvalue weighted by Crippen LogP contribution is -2.35. The second-order valence-corrected chi connectivity index (χ2v) is 4.41. The highest BCUT2D eigenvalue weighted by molar-refractivity contribution is 5.85. The predicted molar refractivity (Wildman–Crippen MR) is 79.6 cm³/mol. The molecule has 1 aromatic carbocycles. The van der Waals surface area contributed by atoms with Gasteiger partial charge >= 0.3 is 0 Å². The largest absolute Gasteiger partial charge is 0.377 e. The number of nitrogens with one attached hydrogen (secondary N) is 1. The van der Waals surface area contributed by atoms with Crippen LogP contribution in [-0.4, -0.2) is 31.7 Å². The number of carbonyl (C=O) groups is 1. The molecule has 0 aliphatic carbocycles. The zero-order valence-electron chi connectivity index (χ0n) is 11.5. The molecule has 108 valence electrons. The van der Waals surface area contributed by atoms with E-state index < -0.39 is 0 Å². The summed E-state index contributed by atoms with van der Waals surface area (Å²) in [5, 5.41) is 2.84. The van der Waals surface area contributed by atoms with Gasteiger partial charge in [0.1, 0.15) is 0 Å². The molecule has 1 rings (SSSR count). The highest BCUT2D eigenvalue weighted by Crippen LogP contribution is 2.13. The minimum atomic E-state index is -0.287. The van der Waals surface area contributed by atoms with Gasteiger partial charge in [0.15, 0.2) is 0 Å². The standard InChI is InChI=1S/C14H22N2O2.ClH/c1-11(2)18-9-8-16-14(17)13(10-15)12-6-4-3-5-7-12;/h3-7,11,13H,8-10,15H2,1-2H3,(H,16,17);1H. The summed E-state index contributed by atoms with van der Waals surface area (Å²) in [6.07, 6.45) is 0.182. The number of hydrogen-bond donors (Lipinski definition) is 2. The van der Waals surface area contributed by atoms with Crippen molar-refractivity contribution in [3.63, 3.8) is 0 Å². The first-order valence-corrected chi connectivity index (χ1v) is 6.29. The van der Waals surface area contributed by atoms with Crippen molar-refractivity contribution in [1.29, 1.82) is 0 Å². The van der Waals surface area contributed by atoms with Gasteiger partial charge in [0.2, 0.25) is 5.91 Å². The first-order chi connectivity index (χ1) is 8.65. The van der Waals surface area contributed by atoms with E-state index >= 15 is 0 Å². The number of rotatable bonds is 7. The molecule has 1 atom stereocenters. The molecule has 4 nitrogen and oxygen atoms in total. The highest BCUT2D eigenvalue weighted by Gasteiger charge is 2.17. The molecule has 0 heterocycles. The highest BCUT2D eigenvalue weighted by atomic mass is 35.5. The zero-order valence-corrected chi connectivity index (χ0v) is 12.3. The van der Waals surface area contributed by atoms with Crippen molar-refractivity contribution in [1.82, 2.24) is 5.32 Å². The summed E-state index contributed by atoms with van der Waals surface area (Å²) in [4.78, 5) is 12.0. The summed E-state index contributed by atoms with van der Waals surface area (Å²) in [5.41, 5.74) is 6.61. The molecule has 5 heteroatoms. The number of carbonyl (C=O) groups excluding carboxylic acids is 1. The fraction of sp³-hybridized carbons (Fsp3) is 0.500. The average Bonchev–Trinajstić information content (AvgIpc) is 2.36. The molecular weight excluding hydrogens is 264 g/mol. The van der Waals surface area contributed by atoms with Crippen LogP contribution in [0, 0.1) is 0 Å². The first-order valence-electron chi connectivity index (χ1n) is 6.29. The van der Waals surface area contributed by atoms with Crippen molar-refractivity contribution in [2.24, 2.45) is 5.73 Å². The quantitative estimate of drug-likeness (QED) is 0.750. The average molecular weight is 287 g/mol. The van der Waals surface area contributed by atoms with Crippen molar-refractivity contribution in [3.8, 4) is 0 Å². The minimum absolute atomic E-state index is 0. The summed E-state index contributed by atoms with van der Waals surface area (Å²) in [6.45, 7) is 5.28.